The summed E-state index contributed by atoms with van der Waals surface area (Å²) in [7, 11) is 0. The molecule has 1 aliphatic rings. The van der Waals surface area contributed by atoms with E-state index in [-0.39, 0.29) is 6.03 Å². The van der Waals surface area contributed by atoms with Crippen LogP contribution >= 0.6 is 11.6 Å². The van der Waals surface area contributed by atoms with Gasteiger partial charge in [0.05, 0.1) is 6.20 Å². The number of carboxylic acids is 1. The Morgan fingerprint density at radius 2 is 1.72 bits per heavy atom. The van der Waals surface area contributed by atoms with Gasteiger partial charge in [0.15, 0.2) is 0 Å². The molecular weight excluding hydrogens is 503 g/mol. The number of nitrogens with one attached hydrogen (secondary N) is 2. The molecule has 1 aliphatic heterocycles. The zero-order chi connectivity index (χ0) is 26.1. The molecule has 0 saturated carbocycles. The number of halogens is 4. The molecule has 2 aromatic carbocycles. The van der Waals surface area contributed by atoms with Gasteiger partial charge in [0.25, 0.3) is 0 Å². The zero-order valence-electron chi connectivity index (χ0n) is 18.8. The highest BCUT2D eigenvalue weighted by Crippen LogP contribution is 2.24. The molecule has 3 aromatic rings. The number of carbonyl (C=O) groups is 2. The Bertz CT molecular complexity index is 1140. The number of urea groups is 1. The Labute approximate surface area is 209 Å². The largest absolute Gasteiger partial charge is 0.490 e. The maximum Gasteiger partial charge on any atom is 0.490 e. The highest BCUT2D eigenvalue weighted by atomic mass is 35.5. The van der Waals surface area contributed by atoms with Gasteiger partial charge in [-0.3, -0.25) is 15.3 Å². The van der Waals surface area contributed by atoms with Crippen LogP contribution in [-0.4, -0.2) is 69.5 Å². The molecule has 0 spiro atoms. The van der Waals surface area contributed by atoms with Crippen LogP contribution in [0.1, 0.15) is 5.56 Å². The molecule has 13 heteroatoms. The second kappa shape index (κ2) is 12.3. The minimum absolute atomic E-state index is 0.104. The first-order chi connectivity index (χ1) is 17.1. The average molecular weight is 526 g/mol. The van der Waals surface area contributed by atoms with Gasteiger partial charge in [-0.1, -0.05) is 23.7 Å². The number of carbonyl (C=O) groups excluding carboxylic acids is 1. The minimum atomic E-state index is -5.08. The van der Waals surface area contributed by atoms with E-state index in [4.69, 9.17) is 26.2 Å². The van der Waals surface area contributed by atoms with E-state index in [1.807, 2.05) is 47.4 Å². The summed E-state index contributed by atoms with van der Waals surface area (Å²) in [6, 6.07) is 17.0. The smallest absolute Gasteiger partial charge is 0.475 e. The Balaban J connectivity index is 0.000000454. The van der Waals surface area contributed by atoms with Crippen molar-refractivity contribution in [1.29, 1.82) is 0 Å². The van der Waals surface area contributed by atoms with Gasteiger partial charge in [0.1, 0.15) is 17.3 Å². The molecule has 1 fully saturated rings. The first kappa shape index (κ1) is 26.8. The van der Waals surface area contributed by atoms with Gasteiger partial charge in [-0.2, -0.15) is 18.3 Å². The number of nitrogens with zero attached hydrogens (tertiary/aromatic N) is 3. The molecule has 0 aliphatic carbocycles. The Hall–Kier alpha value is -3.77. The van der Waals surface area contributed by atoms with E-state index in [0.29, 0.717) is 23.9 Å². The molecule has 3 N–H and O–H groups in total. The van der Waals surface area contributed by atoms with Gasteiger partial charge in [-0.05, 0) is 42.0 Å². The second-order valence-electron chi connectivity index (χ2n) is 7.67. The Morgan fingerprint density at radius 3 is 2.31 bits per heavy atom. The number of amides is 2. The quantitative estimate of drug-likeness (QED) is 0.440. The highest BCUT2D eigenvalue weighted by molar-refractivity contribution is 6.30. The molecule has 0 unspecified atom stereocenters. The number of hydrogen-bond acceptors (Lipinski definition) is 5. The van der Waals surface area contributed by atoms with E-state index >= 15 is 0 Å². The van der Waals surface area contributed by atoms with E-state index in [2.05, 4.69) is 26.5 Å². The standard InChI is InChI=1S/C21H22ClN5O2.C2HF3O2/c22-17-4-6-18(7-5-17)29-19-3-1-2-16(14-19)15-26-10-12-27(13-11-26)21(28)24-20-8-9-23-25-20;3-2(4,5)1(6)7/h1-9,14H,10-13,15H2,(H2,23,24,25,28);(H,6,7). The van der Waals surface area contributed by atoms with E-state index < -0.39 is 12.1 Å². The normalized spacial score (nSPS) is 13.9. The van der Waals surface area contributed by atoms with Gasteiger partial charge >= 0.3 is 18.2 Å². The van der Waals surface area contributed by atoms with Crippen molar-refractivity contribution < 1.29 is 32.6 Å². The maximum atomic E-state index is 12.3. The van der Waals surface area contributed by atoms with Crippen LogP contribution in [0, 0.1) is 0 Å². The lowest BCUT2D eigenvalue weighted by Crippen LogP contribution is -2.49. The number of aromatic nitrogens is 2. The van der Waals surface area contributed by atoms with Crippen LogP contribution in [0.2, 0.25) is 5.02 Å². The number of alkyl halides is 3. The third kappa shape index (κ3) is 8.47. The number of ether oxygens (including phenoxy) is 1. The number of H-pyrrole nitrogens is 1. The van der Waals surface area contributed by atoms with Crippen molar-refractivity contribution in [1.82, 2.24) is 20.0 Å². The van der Waals surface area contributed by atoms with E-state index in [1.165, 1.54) is 5.56 Å². The lowest BCUT2D eigenvalue weighted by Gasteiger charge is -2.34. The number of aliphatic carboxylic acids is 1. The molecule has 2 heterocycles. The van der Waals surface area contributed by atoms with Crippen molar-refractivity contribution in [2.75, 3.05) is 31.5 Å². The van der Waals surface area contributed by atoms with Crippen molar-refractivity contribution in [2.24, 2.45) is 0 Å². The number of anilines is 1. The fourth-order valence-electron chi connectivity index (χ4n) is 3.23. The van der Waals surface area contributed by atoms with Crippen molar-refractivity contribution in [3.8, 4) is 11.5 Å². The third-order valence-corrected chi connectivity index (χ3v) is 5.25. The summed E-state index contributed by atoms with van der Waals surface area (Å²) in [5.41, 5.74) is 1.17. The number of hydrogen-bond donors (Lipinski definition) is 3. The molecule has 1 saturated heterocycles. The summed E-state index contributed by atoms with van der Waals surface area (Å²) < 4.78 is 37.7. The summed E-state index contributed by atoms with van der Waals surface area (Å²) in [6.45, 7) is 3.81. The summed E-state index contributed by atoms with van der Waals surface area (Å²) >= 11 is 5.92. The predicted octanol–water partition coefficient (Wildman–Crippen LogP) is 4.84. The van der Waals surface area contributed by atoms with Crippen molar-refractivity contribution in [3.05, 3.63) is 71.4 Å². The SMILES string of the molecule is O=C(Nc1ccn[nH]1)N1CCN(Cc2cccc(Oc3ccc(Cl)cc3)c2)CC1.O=C(O)C(F)(F)F. The van der Waals surface area contributed by atoms with E-state index in [9.17, 15) is 18.0 Å². The summed E-state index contributed by atoms with van der Waals surface area (Å²) in [6.07, 6.45) is -3.47. The van der Waals surface area contributed by atoms with Gasteiger partial charge in [0.2, 0.25) is 0 Å². The van der Waals surface area contributed by atoms with Crippen LogP contribution in [0.3, 0.4) is 0 Å². The zero-order valence-corrected chi connectivity index (χ0v) is 19.6. The number of aromatic amines is 1. The summed E-state index contributed by atoms with van der Waals surface area (Å²) in [5.74, 6) is -0.603. The number of piperazine rings is 1. The van der Waals surface area contributed by atoms with Crippen LogP contribution in [0.15, 0.2) is 60.8 Å². The van der Waals surface area contributed by atoms with Crippen LogP contribution in [0.25, 0.3) is 0 Å². The van der Waals surface area contributed by atoms with Crippen LogP contribution < -0.4 is 10.1 Å². The van der Waals surface area contributed by atoms with Crippen molar-refractivity contribution in [2.45, 2.75) is 12.7 Å². The van der Waals surface area contributed by atoms with E-state index in [1.54, 1.807) is 12.3 Å². The Kier molecular flexibility index (Phi) is 9.14. The predicted molar refractivity (Wildman–Crippen MR) is 126 cm³/mol. The molecule has 192 valence electrons. The molecule has 36 heavy (non-hydrogen) atoms. The lowest BCUT2D eigenvalue weighted by atomic mass is 10.2. The number of carboxylic acid groups (broad SMARTS) is 1. The second-order valence-corrected chi connectivity index (χ2v) is 8.11. The Morgan fingerprint density at radius 1 is 1.06 bits per heavy atom. The summed E-state index contributed by atoms with van der Waals surface area (Å²) in [4.78, 5) is 25.3. The lowest BCUT2D eigenvalue weighted by molar-refractivity contribution is -0.192. The maximum absolute atomic E-state index is 12.3. The summed E-state index contributed by atoms with van der Waals surface area (Å²) in [5, 5.41) is 17.2. The van der Waals surface area contributed by atoms with Crippen LogP contribution in [-0.2, 0) is 11.3 Å². The molecule has 0 bridgehead atoms. The molecular formula is C23H23ClF3N5O4. The van der Waals surface area contributed by atoms with Crippen LogP contribution in [0.4, 0.5) is 23.8 Å². The topological polar surface area (TPSA) is 111 Å². The number of benzene rings is 2. The average Bonchev–Trinajstić information content (AvgIpc) is 3.34. The molecule has 0 atom stereocenters. The molecule has 2 amide bonds. The monoisotopic (exact) mass is 525 g/mol. The fourth-order valence-corrected chi connectivity index (χ4v) is 3.36. The van der Waals surface area contributed by atoms with Crippen molar-refractivity contribution >= 4 is 29.4 Å². The first-order valence-corrected chi connectivity index (χ1v) is 11.1. The van der Waals surface area contributed by atoms with Gasteiger partial charge in [-0.25, -0.2) is 9.59 Å². The molecule has 0 radical (unpaired) electrons. The van der Waals surface area contributed by atoms with Gasteiger partial charge < -0.3 is 14.7 Å². The van der Waals surface area contributed by atoms with Gasteiger partial charge in [-0.15, -0.1) is 0 Å². The molecule has 9 nitrogen and oxygen atoms in total. The van der Waals surface area contributed by atoms with Crippen LogP contribution in [0.5, 0.6) is 11.5 Å². The number of rotatable bonds is 5. The third-order valence-electron chi connectivity index (χ3n) is 5.00. The van der Waals surface area contributed by atoms with E-state index in [0.717, 1.165) is 31.1 Å². The molecule has 4 rings (SSSR count). The van der Waals surface area contributed by atoms with Gasteiger partial charge in [0, 0.05) is 43.8 Å². The van der Waals surface area contributed by atoms with Crippen molar-refractivity contribution in [3.63, 3.8) is 0 Å². The molecule has 1 aromatic heterocycles. The highest BCUT2D eigenvalue weighted by Gasteiger charge is 2.38. The first-order valence-electron chi connectivity index (χ1n) is 10.7. The minimum Gasteiger partial charge on any atom is -0.475 e. The fraction of sp³-hybridized carbons (Fsp3) is 0.261.